The summed E-state index contributed by atoms with van der Waals surface area (Å²) >= 11 is 0. The van der Waals surface area contributed by atoms with Gasteiger partial charge in [-0.3, -0.25) is 0 Å². The molecule has 88 valence electrons. The highest BCUT2D eigenvalue weighted by Crippen LogP contribution is 2.21. The summed E-state index contributed by atoms with van der Waals surface area (Å²) in [5.41, 5.74) is 1.29. The average molecular weight is 231 g/mol. The first-order valence-corrected chi connectivity index (χ1v) is 7.69. The van der Waals surface area contributed by atoms with Crippen LogP contribution in [0.2, 0.25) is 0 Å². The monoisotopic (exact) mass is 231 g/mol. The maximum absolute atomic E-state index is 11.3. The van der Waals surface area contributed by atoms with E-state index in [-0.39, 0.29) is 11.8 Å². The number of nitrogens with one attached hydrogen (secondary N) is 1. The molecule has 0 aromatic rings. The molecule has 1 rings (SSSR count). The highest BCUT2D eigenvalue weighted by Gasteiger charge is 2.20. The molecule has 0 aromatic heterocycles. The third-order valence-electron chi connectivity index (χ3n) is 2.63. The quantitative estimate of drug-likeness (QED) is 0.705. The van der Waals surface area contributed by atoms with Gasteiger partial charge in [0.2, 0.25) is 0 Å². The lowest BCUT2D eigenvalue weighted by molar-refractivity contribution is 0.563. The molecule has 1 unspecified atom stereocenters. The fourth-order valence-electron chi connectivity index (χ4n) is 1.93. The minimum atomic E-state index is -2.89. The van der Waals surface area contributed by atoms with Gasteiger partial charge in [0.05, 0.1) is 5.75 Å². The molecule has 0 aliphatic heterocycles. The smallest absolute Gasteiger partial charge is 0.149 e. The molecule has 0 aromatic carbocycles. The van der Waals surface area contributed by atoms with Crippen LogP contribution in [0.5, 0.6) is 0 Å². The second-order valence-corrected chi connectivity index (χ2v) is 6.46. The van der Waals surface area contributed by atoms with Crippen molar-refractivity contribution >= 4 is 9.84 Å². The molecule has 1 aliphatic rings. The Hall–Kier alpha value is -0.350. The lowest BCUT2D eigenvalue weighted by Gasteiger charge is -2.19. The summed E-state index contributed by atoms with van der Waals surface area (Å²) in [7, 11) is -2.89. The van der Waals surface area contributed by atoms with Crippen LogP contribution in [0.25, 0.3) is 0 Å². The minimum Gasteiger partial charge on any atom is -0.309 e. The van der Waals surface area contributed by atoms with E-state index < -0.39 is 9.84 Å². The molecule has 3 nitrogen and oxygen atoms in total. The number of hydrogen-bond donors (Lipinski definition) is 1. The summed E-state index contributed by atoms with van der Waals surface area (Å²) in [4.78, 5) is 0. The van der Waals surface area contributed by atoms with E-state index in [4.69, 9.17) is 0 Å². The minimum absolute atomic E-state index is 0.0439. The summed E-state index contributed by atoms with van der Waals surface area (Å²) in [6, 6.07) is 0.0439. The molecule has 0 radical (unpaired) electrons. The van der Waals surface area contributed by atoms with Gasteiger partial charge in [0.15, 0.2) is 0 Å². The Morgan fingerprint density at radius 1 is 1.53 bits per heavy atom. The third kappa shape index (κ3) is 4.80. The predicted molar refractivity (Wildman–Crippen MR) is 63.7 cm³/mol. The van der Waals surface area contributed by atoms with Gasteiger partial charge < -0.3 is 5.32 Å². The van der Waals surface area contributed by atoms with Crippen molar-refractivity contribution < 1.29 is 8.42 Å². The van der Waals surface area contributed by atoms with Crippen LogP contribution in [0, 0.1) is 0 Å². The molecule has 0 fully saturated rings. The van der Waals surface area contributed by atoms with E-state index >= 15 is 0 Å². The van der Waals surface area contributed by atoms with Gasteiger partial charge in [-0.05, 0) is 32.2 Å². The van der Waals surface area contributed by atoms with Crippen LogP contribution in [-0.4, -0.2) is 33.0 Å². The molecular formula is C11H21NO2S. The van der Waals surface area contributed by atoms with Crippen molar-refractivity contribution in [3.8, 4) is 0 Å². The average Bonchev–Trinajstić information content (AvgIpc) is 2.63. The molecular weight excluding hydrogens is 210 g/mol. The van der Waals surface area contributed by atoms with Crippen molar-refractivity contribution in [1.82, 2.24) is 5.32 Å². The molecule has 0 heterocycles. The normalized spacial score (nSPS) is 18.9. The van der Waals surface area contributed by atoms with Crippen molar-refractivity contribution in [3.05, 3.63) is 11.6 Å². The zero-order valence-electron chi connectivity index (χ0n) is 9.62. The van der Waals surface area contributed by atoms with Crippen LogP contribution >= 0.6 is 0 Å². The number of sulfone groups is 1. The SMILES string of the molecule is CCCNC(CS(C)(=O)=O)C1=CCCC1. The highest BCUT2D eigenvalue weighted by atomic mass is 32.2. The zero-order valence-corrected chi connectivity index (χ0v) is 10.4. The van der Waals surface area contributed by atoms with E-state index in [0.29, 0.717) is 0 Å². The Morgan fingerprint density at radius 2 is 2.27 bits per heavy atom. The summed E-state index contributed by atoms with van der Waals surface area (Å²) in [5, 5.41) is 3.32. The summed E-state index contributed by atoms with van der Waals surface area (Å²) < 4.78 is 22.6. The van der Waals surface area contributed by atoms with Crippen LogP contribution in [0.1, 0.15) is 32.6 Å². The van der Waals surface area contributed by atoms with Gasteiger partial charge in [-0.1, -0.05) is 18.6 Å². The van der Waals surface area contributed by atoms with Gasteiger partial charge >= 0.3 is 0 Å². The van der Waals surface area contributed by atoms with E-state index in [0.717, 1.165) is 25.8 Å². The van der Waals surface area contributed by atoms with E-state index in [1.165, 1.54) is 18.2 Å². The maximum atomic E-state index is 11.3. The van der Waals surface area contributed by atoms with Crippen LogP contribution in [-0.2, 0) is 9.84 Å². The molecule has 0 amide bonds. The summed E-state index contributed by atoms with van der Waals surface area (Å²) in [6.45, 7) is 2.98. The molecule has 0 bridgehead atoms. The fourth-order valence-corrected chi connectivity index (χ4v) is 2.87. The molecule has 0 saturated carbocycles. The largest absolute Gasteiger partial charge is 0.309 e. The third-order valence-corrected chi connectivity index (χ3v) is 3.57. The first kappa shape index (κ1) is 12.7. The van der Waals surface area contributed by atoms with Gasteiger partial charge in [-0.2, -0.15) is 0 Å². The molecule has 15 heavy (non-hydrogen) atoms. The summed E-state index contributed by atoms with van der Waals surface area (Å²) in [5.74, 6) is 0.235. The van der Waals surface area contributed by atoms with Crippen LogP contribution in [0.3, 0.4) is 0 Å². The molecule has 4 heteroatoms. The molecule has 0 spiro atoms. The molecule has 1 N–H and O–H groups in total. The van der Waals surface area contributed by atoms with Gasteiger partial charge in [-0.15, -0.1) is 0 Å². The number of hydrogen-bond acceptors (Lipinski definition) is 3. The molecule has 1 atom stereocenters. The van der Waals surface area contributed by atoms with Crippen molar-refractivity contribution in [2.75, 3.05) is 18.6 Å². The first-order chi connectivity index (χ1) is 7.03. The maximum Gasteiger partial charge on any atom is 0.149 e. The van der Waals surface area contributed by atoms with Crippen molar-refractivity contribution in [1.29, 1.82) is 0 Å². The Morgan fingerprint density at radius 3 is 2.73 bits per heavy atom. The fraction of sp³-hybridized carbons (Fsp3) is 0.818. The van der Waals surface area contributed by atoms with Crippen LogP contribution in [0.4, 0.5) is 0 Å². The lowest BCUT2D eigenvalue weighted by Crippen LogP contribution is -2.37. The van der Waals surface area contributed by atoms with Crippen LogP contribution in [0.15, 0.2) is 11.6 Å². The van der Waals surface area contributed by atoms with Crippen LogP contribution < -0.4 is 5.32 Å². The topological polar surface area (TPSA) is 46.2 Å². The Balaban J connectivity index is 2.60. The molecule has 1 aliphatic carbocycles. The number of rotatable bonds is 6. The van der Waals surface area contributed by atoms with E-state index in [2.05, 4.69) is 18.3 Å². The second-order valence-electron chi connectivity index (χ2n) is 4.27. The van der Waals surface area contributed by atoms with Crippen molar-refractivity contribution in [2.24, 2.45) is 0 Å². The highest BCUT2D eigenvalue weighted by molar-refractivity contribution is 7.90. The molecule has 0 saturated heterocycles. The van der Waals surface area contributed by atoms with E-state index in [9.17, 15) is 8.42 Å². The Bertz CT molecular complexity index is 319. The zero-order chi connectivity index (χ0) is 11.3. The van der Waals surface area contributed by atoms with Gasteiger partial charge in [0, 0.05) is 12.3 Å². The van der Waals surface area contributed by atoms with Crippen molar-refractivity contribution in [3.63, 3.8) is 0 Å². The Kier molecular flexibility index (Phi) is 4.80. The van der Waals surface area contributed by atoms with Crippen molar-refractivity contribution in [2.45, 2.75) is 38.6 Å². The first-order valence-electron chi connectivity index (χ1n) is 5.63. The second kappa shape index (κ2) is 5.66. The standard InChI is InChI=1S/C11H21NO2S/c1-3-8-12-11(9-15(2,13)14)10-6-4-5-7-10/h6,11-12H,3-5,7-9H2,1-2H3. The van der Waals surface area contributed by atoms with Gasteiger partial charge in [0.1, 0.15) is 9.84 Å². The summed E-state index contributed by atoms with van der Waals surface area (Å²) in [6.07, 6.45) is 7.86. The lowest BCUT2D eigenvalue weighted by atomic mass is 10.1. The number of allylic oxidation sites excluding steroid dienone is 1. The Labute approximate surface area is 92.9 Å². The van der Waals surface area contributed by atoms with E-state index in [1.807, 2.05) is 0 Å². The predicted octanol–water partition coefficient (Wildman–Crippen LogP) is 1.51. The van der Waals surface area contributed by atoms with Gasteiger partial charge in [-0.25, -0.2) is 8.42 Å². The van der Waals surface area contributed by atoms with E-state index in [1.54, 1.807) is 0 Å². The van der Waals surface area contributed by atoms with Gasteiger partial charge in [0.25, 0.3) is 0 Å².